The molecule has 0 amide bonds. The van der Waals surface area contributed by atoms with E-state index in [-0.39, 0.29) is 17.9 Å². The van der Waals surface area contributed by atoms with Crippen LogP contribution in [0.25, 0.3) is 11.1 Å². The Morgan fingerprint density at radius 2 is 2.16 bits per heavy atom. The van der Waals surface area contributed by atoms with Crippen molar-refractivity contribution in [3.63, 3.8) is 0 Å². The zero-order chi connectivity index (χ0) is 21.5. The summed E-state index contributed by atoms with van der Waals surface area (Å²) in [5.74, 6) is 1.04. The summed E-state index contributed by atoms with van der Waals surface area (Å²) in [4.78, 5) is 16.0. The van der Waals surface area contributed by atoms with Crippen LogP contribution >= 0.6 is 0 Å². The van der Waals surface area contributed by atoms with Crippen LogP contribution < -0.4 is 20.7 Å². The SMILES string of the molecule is CCc1ccc(Oc2nc3c(c(N4CC[C@H](N)C4)n2)-c2cc(F)cc(NC)c2C3)cn1. The van der Waals surface area contributed by atoms with E-state index in [1.165, 1.54) is 6.07 Å². The lowest BCUT2D eigenvalue weighted by atomic mass is 10.0. The van der Waals surface area contributed by atoms with Gasteiger partial charge in [-0.1, -0.05) is 6.92 Å². The van der Waals surface area contributed by atoms with Crippen LogP contribution in [0.1, 0.15) is 30.3 Å². The van der Waals surface area contributed by atoms with Gasteiger partial charge in [0.2, 0.25) is 0 Å². The van der Waals surface area contributed by atoms with Crippen molar-refractivity contribution in [3.05, 3.63) is 53.2 Å². The number of aryl methyl sites for hydroxylation is 1. The van der Waals surface area contributed by atoms with Gasteiger partial charge in [0.25, 0.3) is 0 Å². The molecule has 7 nitrogen and oxygen atoms in total. The third kappa shape index (κ3) is 3.57. The number of halogens is 1. The summed E-state index contributed by atoms with van der Waals surface area (Å²) in [5.41, 5.74) is 11.5. The molecular formula is C23H25FN6O. The second-order valence-corrected chi connectivity index (χ2v) is 7.99. The molecule has 2 aromatic heterocycles. The summed E-state index contributed by atoms with van der Waals surface area (Å²) in [5, 5.41) is 3.10. The number of hydrogen-bond acceptors (Lipinski definition) is 7. The van der Waals surface area contributed by atoms with Gasteiger partial charge in [-0.3, -0.25) is 4.98 Å². The molecule has 1 fully saturated rings. The molecule has 3 N–H and O–H groups in total. The molecule has 0 radical (unpaired) electrons. The fourth-order valence-corrected chi connectivity index (χ4v) is 4.36. The van der Waals surface area contributed by atoms with E-state index in [1.54, 1.807) is 19.3 Å². The minimum Gasteiger partial charge on any atom is -0.423 e. The van der Waals surface area contributed by atoms with Gasteiger partial charge in [0.05, 0.1) is 11.9 Å². The van der Waals surface area contributed by atoms with E-state index in [0.29, 0.717) is 18.7 Å². The summed E-state index contributed by atoms with van der Waals surface area (Å²) in [6.45, 7) is 3.54. The Morgan fingerprint density at radius 3 is 2.84 bits per heavy atom. The van der Waals surface area contributed by atoms with Gasteiger partial charge in [-0.15, -0.1) is 0 Å². The van der Waals surface area contributed by atoms with Crippen molar-refractivity contribution in [2.75, 3.05) is 30.4 Å². The number of rotatable bonds is 5. The van der Waals surface area contributed by atoms with Crippen molar-refractivity contribution in [1.29, 1.82) is 0 Å². The molecule has 1 aliphatic carbocycles. The Balaban J connectivity index is 1.60. The molecule has 0 unspecified atom stereocenters. The Labute approximate surface area is 180 Å². The number of aromatic nitrogens is 3. The largest absolute Gasteiger partial charge is 0.423 e. The molecule has 1 aliphatic heterocycles. The molecule has 8 heteroatoms. The molecule has 0 saturated carbocycles. The van der Waals surface area contributed by atoms with Gasteiger partial charge in [0, 0.05) is 49.5 Å². The average Bonchev–Trinajstić information content (AvgIpc) is 3.36. The summed E-state index contributed by atoms with van der Waals surface area (Å²) in [6.07, 6.45) is 4.01. The van der Waals surface area contributed by atoms with E-state index in [9.17, 15) is 4.39 Å². The maximum absolute atomic E-state index is 14.4. The lowest BCUT2D eigenvalue weighted by molar-refractivity contribution is 0.438. The highest BCUT2D eigenvalue weighted by molar-refractivity contribution is 5.88. The van der Waals surface area contributed by atoms with Crippen LogP contribution in [0.2, 0.25) is 0 Å². The minimum absolute atomic E-state index is 0.0852. The second-order valence-electron chi connectivity index (χ2n) is 7.99. The highest BCUT2D eigenvalue weighted by Crippen LogP contribution is 2.45. The third-order valence-corrected chi connectivity index (χ3v) is 5.94. The van der Waals surface area contributed by atoms with Gasteiger partial charge in [0.1, 0.15) is 17.4 Å². The first-order valence-corrected chi connectivity index (χ1v) is 10.6. The van der Waals surface area contributed by atoms with Crippen molar-refractivity contribution in [3.8, 4) is 22.9 Å². The molecule has 1 saturated heterocycles. The van der Waals surface area contributed by atoms with Gasteiger partial charge >= 0.3 is 6.01 Å². The van der Waals surface area contributed by atoms with Crippen molar-refractivity contribution in [2.24, 2.45) is 5.73 Å². The monoisotopic (exact) mass is 420 g/mol. The average molecular weight is 420 g/mol. The first kappa shape index (κ1) is 19.7. The predicted molar refractivity (Wildman–Crippen MR) is 118 cm³/mol. The molecule has 0 bridgehead atoms. The van der Waals surface area contributed by atoms with Gasteiger partial charge in [-0.25, -0.2) is 4.39 Å². The number of nitrogens with zero attached hydrogens (tertiary/aromatic N) is 4. The van der Waals surface area contributed by atoms with Gasteiger partial charge in [-0.2, -0.15) is 9.97 Å². The molecule has 1 aromatic carbocycles. The standard InChI is InChI=1S/C23H25FN6O/c1-3-15-4-5-16(11-27-15)31-23-28-20-10-17-18(8-13(24)9-19(17)26-2)21(20)22(29-23)30-7-6-14(25)12-30/h4-5,8-9,11,14,26H,3,6-7,10,12,25H2,1-2H3/t14-/m0/s1. The van der Waals surface area contributed by atoms with E-state index in [0.717, 1.165) is 59.0 Å². The van der Waals surface area contributed by atoms with Crippen LogP contribution in [0.15, 0.2) is 30.5 Å². The fraction of sp³-hybridized carbons (Fsp3) is 0.348. The van der Waals surface area contributed by atoms with E-state index < -0.39 is 0 Å². The zero-order valence-corrected chi connectivity index (χ0v) is 17.7. The highest BCUT2D eigenvalue weighted by Gasteiger charge is 2.32. The number of fused-ring (bicyclic) bond motifs is 3. The molecular weight excluding hydrogens is 395 g/mol. The number of anilines is 2. The number of hydrogen-bond donors (Lipinski definition) is 2. The molecule has 1 atom stereocenters. The Bertz CT molecular complexity index is 1130. The van der Waals surface area contributed by atoms with Crippen molar-refractivity contribution < 1.29 is 9.13 Å². The summed E-state index contributed by atoms with van der Waals surface area (Å²) >= 11 is 0. The number of pyridine rings is 1. The summed E-state index contributed by atoms with van der Waals surface area (Å²) < 4.78 is 20.3. The van der Waals surface area contributed by atoms with E-state index in [1.807, 2.05) is 12.1 Å². The first-order chi connectivity index (χ1) is 15.1. The topological polar surface area (TPSA) is 89.2 Å². The lowest BCUT2D eigenvalue weighted by Gasteiger charge is -2.21. The van der Waals surface area contributed by atoms with Gasteiger partial charge in [-0.05, 0) is 48.2 Å². The molecule has 0 spiro atoms. The Hall–Kier alpha value is -3.26. The third-order valence-electron chi connectivity index (χ3n) is 5.94. The molecule has 31 heavy (non-hydrogen) atoms. The minimum atomic E-state index is -0.289. The van der Waals surface area contributed by atoms with Crippen molar-refractivity contribution in [2.45, 2.75) is 32.2 Å². The number of ether oxygens (including phenoxy) is 1. The Kier molecular flexibility index (Phi) is 4.94. The summed E-state index contributed by atoms with van der Waals surface area (Å²) in [6, 6.07) is 7.24. The van der Waals surface area contributed by atoms with E-state index >= 15 is 0 Å². The van der Waals surface area contributed by atoms with Crippen molar-refractivity contribution >= 4 is 11.5 Å². The van der Waals surface area contributed by atoms with Gasteiger partial charge in [0.15, 0.2) is 0 Å². The van der Waals surface area contributed by atoms with Crippen molar-refractivity contribution in [1.82, 2.24) is 15.0 Å². The quantitative estimate of drug-likeness (QED) is 0.511. The van der Waals surface area contributed by atoms with E-state index in [4.69, 9.17) is 20.4 Å². The van der Waals surface area contributed by atoms with Crippen LogP contribution in [0.4, 0.5) is 15.9 Å². The molecule has 160 valence electrons. The number of nitrogens with two attached hydrogens (primary N) is 1. The van der Waals surface area contributed by atoms with E-state index in [2.05, 4.69) is 22.1 Å². The predicted octanol–water partition coefficient (Wildman–Crippen LogP) is 3.52. The highest BCUT2D eigenvalue weighted by atomic mass is 19.1. The fourth-order valence-electron chi connectivity index (χ4n) is 4.36. The smallest absolute Gasteiger partial charge is 0.324 e. The number of nitrogens with one attached hydrogen (secondary N) is 1. The molecule has 2 aliphatic rings. The first-order valence-electron chi connectivity index (χ1n) is 10.6. The maximum Gasteiger partial charge on any atom is 0.324 e. The lowest BCUT2D eigenvalue weighted by Crippen LogP contribution is -2.27. The van der Waals surface area contributed by atoms with Crippen LogP contribution in [0, 0.1) is 5.82 Å². The van der Waals surface area contributed by atoms with Crippen LogP contribution in [-0.4, -0.2) is 41.1 Å². The van der Waals surface area contributed by atoms with Gasteiger partial charge < -0.3 is 20.7 Å². The van der Waals surface area contributed by atoms with Crippen LogP contribution in [0.3, 0.4) is 0 Å². The molecule has 3 aromatic rings. The van der Waals surface area contributed by atoms with Crippen LogP contribution in [-0.2, 0) is 12.8 Å². The normalized spacial score (nSPS) is 16.9. The maximum atomic E-state index is 14.4. The zero-order valence-electron chi connectivity index (χ0n) is 17.7. The molecule has 5 rings (SSSR count). The number of benzene rings is 1. The summed E-state index contributed by atoms with van der Waals surface area (Å²) in [7, 11) is 1.80. The Morgan fingerprint density at radius 1 is 1.29 bits per heavy atom. The second kappa shape index (κ2) is 7.77. The molecule has 3 heterocycles. The van der Waals surface area contributed by atoms with Crippen LogP contribution in [0.5, 0.6) is 11.8 Å².